The number of carbonyl (C=O) groups excluding carboxylic acids is 1. The van der Waals surface area contributed by atoms with Crippen LogP contribution in [0.5, 0.6) is 5.75 Å². The molecule has 0 unspecified atom stereocenters. The van der Waals surface area contributed by atoms with Crippen molar-refractivity contribution in [3.05, 3.63) is 42.0 Å². The minimum Gasteiger partial charge on any atom is -0.483 e. The first kappa shape index (κ1) is 14.7. The standard InChI is InChI=1S/C14H17N5O2/c1-4-8-19-17-14(16-18-19)15-13(20)9-21-12-7-5-6-10(2)11(12)3/h4-7H,1,8-9H2,2-3H3,(H,15,17,20). The highest BCUT2D eigenvalue weighted by Gasteiger charge is 2.09. The van der Waals surface area contributed by atoms with Crippen molar-refractivity contribution in [3.8, 4) is 5.75 Å². The monoisotopic (exact) mass is 287 g/mol. The van der Waals surface area contributed by atoms with Crippen LogP contribution in [0.2, 0.25) is 0 Å². The van der Waals surface area contributed by atoms with Gasteiger partial charge in [-0.2, -0.15) is 4.80 Å². The van der Waals surface area contributed by atoms with Gasteiger partial charge in [-0.25, -0.2) is 0 Å². The van der Waals surface area contributed by atoms with Gasteiger partial charge in [0.15, 0.2) is 6.61 Å². The maximum absolute atomic E-state index is 11.8. The third kappa shape index (κ3) is 3.88. The highest BCUT2D eigenvalue weighted by molar-refractivity contribution is 5.90. The number of tetrazole rings is 1. The molecule has 1 heterocycles. The lowest BCUT2D eigenvalue weighted by atomic mass is 10.1. The summed E-state index contributed by atoms with van der Waals surface area (Å²) in [6.45, 7) is 7.83. The molecular formula is C14H17N5O2. The van der Waals surface area contributed by atoms with E-state index in [1.807, 2.05) is 32.0 Å². The number of hydrogen-bond acceptors (Lipinski definition) is 5. The van der Waals surface area contributed by atoms with Crippen LogP contribution in [-0.2, 0) is 11.3 Å². The fourth-order valence-electron chi connectivity index (χ4n) is 1.67. The Morgan fingerprint density at radius 3 is 3.05 bits per heavy atom. The van der Waals surface area contributed by atoms with Crippen LogP contribution in [-0.4, -0.2) is 32.7 Å². The quantitative estimate of drug-likeness (QED) is 0.814. The van der Waals surface area contributed by atoms with Crippen molar-refractivity contribution in [2.45, 2.75) is 20.4 Å². The van der Waals surface area contributed by atoms with Gasteiger partial charge < -0.3 is 4.74 Å². The third-order valence-corrected chi connectivity index (χ3v) is 2.91. The molecule has 0 radical (unpaired) electrons. The van der Waals surface area contributed by atoms with Crippen LogP contribution in [0.3, 0.4) is 0 Å². The van der Waals surface area contributed by atoms with Crippen molar-refractivity contribution < 1.29 is 9.53 Å². The fraction of sp³-hybridized carbons (Fsp3) is 0.286. The SMILES string of the molecule is C=CCn1nnc(NC(=O)COc2cccc(C)c2C)n1. The van der Waals surface area contributed by atoms with E-state index >= 15 is 0 Å². The normalized spacial score (nSPS) is 10.2. The summed E-state index contributed by atoms with van der Waals surface area (Å²) in [5, 5.41) is 13.9. The number of rotatable bonds is 6. The Kier molecular flexibility index (Phi) is 4.65. The second kappa shape index (κ2) is 6.65. The first-order valence-corrected chi connectivity index (χ1v) is 6.47. The zero-order valence-corrected chi connectivity index (χ0v) is 12.0. The number of nitrogens with one attached hydrogen (secondary N) is 1. The molecule has 1 N–H and O–H groups in total. The first-order valence-electron chi connectivity index (χ1n) is 6.47. The number of hydrogen-bond donors (Lipinski definition) is 1. The van der Waals surface area contributed by atoms with Gasteiger partial charge in [0.05, 0.1) is 6.54 Å². The third-order valence-electron chi connectivity index (χ3n) is 2.91. The van der Waals surface area contributed by atoms with Crippen LogP contribution in [0.25, 0.3) is 0 Å². The van der Waals surface area contributed by atoms with Crippen molar-refractivity contribution in [3.63, 3.8) is 0 Å². The van der Waals surface area contributed by atoms with Gasteiger partial charge in [-0.1, -0.05) is 23.3 Å². The van der Waals surface area contributed by atoms with Gasteiger partial charge in [-0.05, 0) is 36.3 Å². The van der Waals surface area contributed by atoms with Gasteiger partial charge in [0.25, 0.3) is 11.9 Å². The van der Waals surface area contributed by atoms with Crippen LogP contribution in [0, 0.1) is 13.8 Å². The zero-order valence-electron chi connectivity index (χ0n) is 12.0. The van der Waals surface area contributed by atoms with E-state index in [-0.39, 0.29) is 18.5 Å². The minimum absolute atomic E-state index is 0.111. The number of anilines is 1. The second-order valence-electron chi connectivity index (χ2n) is 4.49. The maximum atomic E-state index is 11.8. The molecule has 1 aromatic carbocycles. The summed E-state index contributed by atoms with van der Waals surface area (Å²) in [6.07, 6.45) is 1.64. The van der Waals surface area contributed by atoms with Crippen LogP contribution >= 0.6 is 0 Å². The average molecular weight is 287 g/mol. The molecule has 2 aromatic rings. The lowest BCUT2D eigenvalue weighted by Crippen LogP contribution is -2.21. The molecule has 0 saturated heterocycles. The molecular weight excluding hydrogens is 270 g/mol. The topological polar surface area (TPSA) is 81.9 Å². The van der Waals surface area contributed by atoms with Crippen LogP contribution in [0.1, 0.15) is 11.1 Å². The van der Waals surface area contributed by atoms with Crippen LogP contribution < -0.4 is 10.1 Å². The average Bonchev–Trinajstić information content (AvgIpc) is 2.88. The number of nitrogens with zero attached hydrogens (tertiary/aromatic N) is 4. The van der Waals surface area contributed by atoms with Crippen molar-refractivity contribution >= 4 is 11.9 Å². The largest absolute Gasteiger partial charge is 0.483 e. The molecule has 0 fully saturated rings. The number of carbonyl (C=O) groups is 1. The summed E-state index contributed by atoms with van der Waals surface area (Å²) in [4.78, 5) is 13.1. The number of amides is 1. The van der Waals surface area contributed by atoms with E-state index in [1.165, 1.54) is 4.80 Å². The van der Waals surface area contributed by atoms with E-state index in [9.17, 15) is 4.79 Å². The lowest BCUT2D eigenvalue weighted by molar-refractivity contribution is -0.118. The number of aryl methyl sites for hydroxylation is 1. The van der Waals surface area contributed by atoms with Crippen LogP contribution in [0.15, 0.2) is 30.9 Å². The molecule has 21 heavy (non-hydrogen) atoms. The van der Waals surface area contributed by atoms with E-state index in [0.29, 0.717) is 12.3 Å². The predicted molar refractivity (Wildman–Crippen MR) is 78.1 cm³/mol. The van der Waals surface area contributed by atoms with E-state index in [0.717, 1.165) is 11.1 Å². The smallest absolute Gasteiger partial charge is 0.270 e. The molecule has 1 amide bonds. The zero-order chi connectivity index (χ0) is 15.2. The van der Waals surface area contributed by atoms with Gasteiger partial charge in [-0.15, -0.1) is 11.7 Å². The Labute approximate surface area is 122 Å². The Morgan fingerprint density at radius 2 is 2.29 bits per heavy atom. The van der Waals surface area contributed by atoms with Gasteiger partial charge >= 0.3 is 0 Å². The van der Waals surface area contributed by atoms with Crippen molar-refractivity contribution in [1.82, 2.24) is 20.2 Å². The van der Waals surface area contributed by atoms with Gasteiger partial charge in [0.2, 0.25) is 0 Å². The van der Waals surface area contributed by atoms with Gasteiger partial charge in [0, 0.05) is 0 Å². The predicted octanol–water partition coefficient (Wildman–Crippen LogP) is 1.49. The number of benzene rings is 1. The molecule has 110 valence electrons. The van der Waals surface area contributed by atoms with Crippen molar-refractivity contribution in [2.75, 3.05) is 11.9 Å². The Hall–Kier alpha value is -2.70. The van der Waals surface area contributed by atoms with E-state index in [4.69, 9.17) is 4.74 Å². The van der Waals surface area contributed by atoms with Gasteiger partial charge in [0.1, 0.15) is 5.75 Å². The number of aromatic nitrogens is 4. The van der Waals surface area contributed by atoms with E-state index in [1.54, 1.807) is 6.08 Å². The molecule has 0 aliphatic rings. The Morgan fingerprint density at radius 1 is 1.48 bits per heavy atom. The van der Waals surface area contributed by atoms with Crippen molar-refractivity contribution in [2.24, 2.45) is 0 Å². The van der Waals surface area contributed by atoms with Gasteiger partial charge in [-0.3, -0.25) is 10.1 Å². The minimum atomic E-state index is -0.339. The van der Waals surface area contributed by atoms with E-state index in [2.05, 4.69) is 27.3 Å². The summed E-state index contributed by atoms with van der Waals surface area (Å²) in [5.41, 5.74) is 2.13. The highest BCUT2D eigenvalue weighted by Crippen LogP contribution is 2.20. The van der Waals surface area contributed by atoms with Crippen LogP contribution in [0.4, 0.5) is 5.95 Å². The number of ether oxygens (including phenoxy) is 1. The molecule has 7 heteroatoms. The summed E-state index contributed by atoms with van der Waals surface area (Å²) < 4.78 is 5.49. The molecule has 0 saturated carbocycles. The molecule has 0 atom stereocenters. The first-order chi connectivity index (χ1) is 10.1. The molecule has 0 bridgehead atoms. The molecule has 0 aliphatic carbocycles. The molecule has 2 rings (SSSR count). The highest BCUT2D eigenvalue weighted by atomic mass is 16.5. The summed E-state index contributed by atoms with van der Waals surface area (Å²) in [5.74, 6) is 0.494. The molecule has 7 nitrogen and oxygen atoms in total. The summed E-state index contributed by atoms with van der Waals surface area (Å²) >= 11 is 0. The fourth-order valence-corrected chi connectivity index (χ4v) is 1.67. The molecule has 0 aliphatic heterocycles. The summed E-state index contributed by atoms with van der Waals surface area (Å²) in [6, 6.07) is 5.70. The lowest BCUT2D eigenvalue weighted by Gasteiger charge is -2.09. The second-order valence-corrected chi connectivity index (χ2v) is 4.49. The van der Waals surface area contributed by atoms with Crippen molar-refractivity contribution in [1.29, 1.82) is 0 Å². The Bertz CT molecular complexity index is 651. The maximum Gasteiger partial charge on any atom is 0.270 e. The Balaban J connectivity index is 1.89. The molecule has 0 spiro atoms. The van der Waals surface area contributed by atoms with E-state index < -0.39 is 0 Å². The number of allylic oxidation sites excluding steroid dienone is 1. The molecule has 1 aromatic heterocycles. The summed E-state index contributed by atoms with van der Waals surface area (Å²) in [7, 11) is 0.